The molecule has 2 amide bonds. The first-order chi connectivity index (χ1) is 12.0. The van der Waals surface area contributed by atoms with Crippen molar-refractivity contribution < 1.29 is 18.4 Å². The minimum absolute atomic E-state index is 0.0937. The molecule has 0 bridgehead atoms. The lowest BCUT2D eigenvalue weighted by atomic mass is 10.2. The van der Waals surface area contributed by atoms with E-state index in [1.807, 2.05) is 0 Å². The molecule has 25 heavy (non-hydrogen) atoms. The topological polar surface area (TPSA) is 49.4 Å². The van der Waals surface area contributed by atoms with E-state index in [1.165, 1.54) is 30.3 Å². The van der Waals surface area contributed by atoms with Crippen LogP contribution in [-0.4, -0.2) is 22.7 Å². The fourth-order valence-electron chi connectivity index (χ4n) is 2.32. The number of anilines is 1. The van der Waals surface area contributed by atoms with E-state index in [0.717, 1.165) is 22.2 Å². The molecule has 0 aliphatic carbocycles. The quantitative estimate of drug-likeness (QED) is 0.822. The maximum absolute atomic E-state index is 13.7. The zero-order valence-electron chi connectivity index (χ0n) is 13.3. The molecule has 4 nitrogen and oxygen atoms in total. The number of nitrogens with zero attached hydrogens (tertiary/aromatic N) is 1. The SMILES string of the molecule is Cc1ccc(F)cc1NCN1C(=O)S/C(=C/c2ccccc2F)C1=O. The third-order valence-electron chi connectivity index (χ3n) is 3.69. The molecule has 0 unspecified atom stereocenters. The molecule has 2 aromatic rings. The van der Waals surface area contributed by atoms with Gasteiger partial charge in [-0.15, -0.1) is 0 Å². The number of amides is 2. The molecule has 1 N–H and O–H groups in total. The van der Waals surface area contributed by atoms with Crippen LogP contribution in [0.3, 0.4) is 0 Å². The average Bonchev–Trinajstić information content (AvgIpc) is 2.84. The molecular formula is C18H14F2N2O2S. The van der Waals surface area contributed by atoms with Crippen LogP contribution in [0.25, 0.3) is 6.08 Å². The first-order valence-corrected chi connectivity index (χ1v) is 8.27. The highest BCUT2D eigenvalue weighted by Crippen LogP contribution is 2.32. The van der Waals surface area contributed by atoms with E-state index in [9.17, 15) is 18.4 Å². The van der Waals surface area contributed by atoms with Gasteiger partial charge in [0.2, 0.25) is 0 Å². The summed E-state index contributed by atoms with van der Waals surface area (Å²) < 4.78 is 27.0. The van der Waals surface area contributed by atoms with Crippen LogP contribution in [0.15, 0.2) is 47.4 Å². The van der Waals surface area contributed by atoms with Crippen LogP contribution in [0.2, 0.25) is 0 Å². The number of hydrogen-bond acceptors (Lipinski definition) is 4. The Bertz CT molecular complexity index is 883. The Morgan fingerprint density at radius 3 is 2.68 bits per heavy atom. The maximum Gasteiger partial charge on any atom is 0.295 e. The van der Waals surface area contributed by atoms with Gasteiger partial charge in [-0.3, -0.25) is 14.5 Å². The highest BCUT2D eigenvalue weighted by Gasteiger charge is 2.35. The summed E-state index contributed by atoms with van der Waals surface area (Å²) in [6, 6.07) is 10.2. The second-order valence-corrected chi connectivity index (χ2v) is 6.42. The first-order valence-electron chi connectivity index (χ1n) is 7.45. The van der Waals surface area contributed by atoms with Gasteiger partial charge in [-0.05, 0) is 48.5 Å². The summed E-state index contributed by atoms with van der Waals surface area (Å²) >= 11 is 0.746. The van der Waals surface area contributed by atoms with Crippen LogP contribution >= 0.6 is 11.8 Å². The predicted molar refractivity (Wildman–Crippen MR) is 93.8 cm³/mol. The number of imide groups is 1. The number of rotatable bonds is 4. The van der Waals surface area contributed by atoms with Crippen molar-refractivity contribution in [1.82, 2.24) is 4.90 Å². The van der Waals surface area contributed by atoms with Crippen molar-refractivity contribution in [2.75, 3.05) is 12.0 Å². The molecule has 1 saturated heterocycles. The van der Waals surface area contributed by atoms with Gasteiger partial charge in [0.1, 0.15) is 11.6 Å². The van der Waals surface area contributed by atoms with Crippen LogP contribution in [0.1, 0.15) is 11.1 Å². The Hall–Kier alpha value is -2.67. The average molecular weight is 360 g/mol. The third-order valence-corrected chi connectivity index (χ3v) is 4.60. The van der Waals surface area contributed by atoms with Crippen molar-refractivity contribution in [3.63, 3.8) is 0 Å². The predicted octanol–water partition coefficient (Wildman–Crippen LogP) is 4.38. The van der Waals surface area contributed by atoms with E-state index >= 15 is 0 Å². The summed E-state index contributed by atoms with van der Waals surface area (Å²) in [5.74, 6) is -1.40. The number of benzene rings is 2. The second kappa shape index (κ2) is 7.06. The van der Waals surface area contributed by atoms with Crippen LogP contribution < -0.4 is 5.32 Å². The van der Waals surface area contributed by atoms with E-state index in [2.05, 4.69) is 5.32 Å². The van der Waals surface area contributed by atoms with Crippen molar-refractivity contribution in [2.24, 2.45) is 0 Å². The lowest BCUT2D eigenvalue weighted by Gasteiger charge is -2.16. The largest absolute Gasteiger partial charge is 0.367 e. The van der Waals surface area contributed by atoms with Crippen LogP contribution in [-0.2, 0) is 4.79 Å². The zero-order chi connectivity index (χ0) is 18.0. The monoisotopic (exact) mass is 360 g/mol. The molecule has 3 rings (SSSR count). The van der Waals surface area contributed by atoms with Crippen molar-refractivity contribution in [1.29, 1.82) is 0 Å². The van der Waals surface area contributed by atoms with Crippen molar-refractivity contribution in [3.8, 4) is 0 Å². The molecule has 1 fully saturated rings. The molecule has 1 aliphatic heterocycles. The Morgan fingerprint density at radius 1 is 1.16 bits per heavy atom. The van der Waals surface area contributed by atoms with E-state index in [-0.39, 0.29) is 17.1 Å². The fraction of sp³-hybridized carbons (Fsp3) is 0.111. The molecule has 7 heteroatoms. The molecule has 1 aliphatic rings. The lowest BCUT2D eigenvalue weighted by molar-refractivity contribution is -0.122. The van der Waals surface area contributed by atoms with Crippen LogP contribution in [0.4, 0.5) is 19.3 Å². The summed E-state index contributed by atoms with van der Waals surface area (Å²) in [6.07, 6.45) is 1.35. The number of halogens is 2. The van der Waals surface area contributed by atoms with E-state index in [0.29, 0.717) is 5.69 Å². The molecule has 0 saturated carbocycles. The lowest BCUT2D eigenvalue weighted by Crippen LogP contribution is -2.33. The summed E-state index contributed by atoms with van der Waals surface area (Å²) in [7, 11) is 0. The Kier molecular flexibility index (Phi) is 4.85. The van der Waals surface area contributed by atoms with Crippen molar-refractivity contribution in [3.05, 3.63) is 70.1 Å². The highest BCUT2D eigenvalue weighted by atomic mass is 32.2. The van der Waals surface area contributed by atoms with Gasteiger partial charge in [0, 0.05) is 11.3 Å². The Labute approximate surface area is 147 Å². The third kappa shape index (κ3) is 3.71. The molecule has 1 heterocycles. The van der Waals surface area contributed by atoms with Gasteiger partial charge in [-0.2, -0.15) is 0 Å². The van der Waals surface area contributed by atoms with Crippen LogP contribution in [0, 0.1) is 18.6 Å². The van der Waals surface area contributed by atoms with Gasteiger partial charge < -0.3 is 5.32 Å². The minimum atomic E-state index is -0.514. The van der Waals surface area contributed by atoms with Crippen molar-refractivity contribution >= 4 is 34.7 Å². The van der Waals surface area contributed by atoms with Crippen molar-refractivity contribution in [2.45, 2.75) is 6.92 Å². The zero-order valence-corrected chi connectivity index (χ0v) is 14.1. The number of carbonyl (C=O) groups is 2. The number of hydrogen-bond donors (Lipinski definition) is 1. The fourth-order valence-corrected chi connectivity index (χ4v) is 3.15. The minimum Gasteiger partial charge on any atom is -0.367 e. The molecule has 2 aromatic carbocycles. The smallest absolute Gasteiger partial charge is 0.295 e. The summed E-state index contributed by atoms with van der Waals surface area (Å²) in [6.45, 7) is 1.69. The second-order valence-electron chi connectivity index (χ2n) is 5.43. The molecular weight excluding hydrogens is 346 g/mol. The molecule has 128 valence electrons. The number of carbonyl (C=O) groups excluding carboxylic acids is 2. The summed E-state index contributed by atoms with van der Waals surface area (Å²) in [5, 5.41) is 2.42. The maximum atomic E-state index is 13.7. The van der Waals surface area contributed by atoms with E-state index < -0.39 is 22.8 Å². The molecule has 0 radical (unpaired) electrons. The standard InChI is InChI=1S/C18H14F2N2O2S/c1-11-6-7-13(19)9-15(11)21-10-22-17(23)16(25-18(22)24)8-12-4-2-3-5-14(12)20/h2-9,21H,10H2,1H3/b16-8+. The molecule has 0 spiro atoms. The molecule has 0 aromatic heterocycles. The van der Waals surface area contributed by atoms with Gasteiger partial charge >= 0.3 is 0 Å². The number of thioether (sulfide) groups is 1. The Balaban J connectivity index is 1.76. The molecule has 0 atom stereocenters. The first kappa shape index (κ1) is 17.2. The number of nitrogens with one attached hydrogen (secondary N) is 1. The van der Waals surface area contributed by atoms with Gasteiger partial charge in [0.25, 0.3) is 11.1 Å². The van der Waals surface area contributed by atoms with E-state index in [1.54, 1.807) is 25.1 Å². The summed E-state index contributed by atoms with van der Waals surface area (Å²) in [5.41, 5.74) is 1.52. The van der Waals surface area contributed by atoms with Gasteiger partial charge in [0.15, 0.2) is 0 Å². The normalized spacial score (nSPS) is 16.0. The van der Waals surface area contributed by atoms with Gasteiger partial charge in [-0.25, -0.2) is 8.78 Å². The van der Waals surface area contributed by atoms with E-state index in [4.69, 9.17) is 0 Å². The van der Waals surface area contributed by atoms with Gasteiger partial charge in [0.05, 0.1) is 11.6 Å². The summed E-state index contributed by atoms with van der Waals surface area (Å²) in [4.78, 5) is 25.6. The van der Waals surface area contributed by atoms with Gasteiger partial charge in [-0.1, -0.05) is 24.3 Å². The Morgan fingerprint density at radius 2 is 1.92 bits per heavy atom. The van der Waals surface area contributed by atoms with Crippen LogP contribution in [0.5, 0.6) is 0 Å². The number of aryl methyl sites for hydroxylation is 1. The highest BCUT2D eigenvalue weighted by molar-refractivity contribution is 8.18.